The molecular weight excluding hydrogens is 334 g/mol. The molecule has 27 heavy (non-hydrogen) atoms. The molecule has 0 fully saturated rings. The summed E-state index contributed by atoms with van der Waals surface area (Å²) in [6, 6.07) is 23.3. The van der Waals surface area contributed by atoms with Gasteiger partial charge >= 0.3 is 0 Å². The van der Waals surface area contributed by atoms with E-state index < -0.39 is 0 Å². The standard InChI is InChI=1S/C22H21N5/c1-25(2)17-12-10-16(11-13-17)21-20-9-6-14-26(20)22-19(24-21)15-23-27(22)18-7-4-3-5-8-18/h3-15,21,24H,1-2H3. The Labute approximate surface area is 158 Å². The molecule has 1 aliphatic heterocycles. The summed E-state index contributed by atoms with van der Waals surface area (Å²) in [6.45, 7) is 0. The Morgan fingerprint density at radius 3 is 2.44 bits per heavy atom. The molecule has 1 unspecified atom stereocenters. The molecule has 0 aliphatic carbocycles. The molecule has 0 saturated heterocycles. The molecule has 5 heteroatoms. The summed E-state index contributed by atoms with van der Waals surface area (Å²) in [4.78, 5) is 2.11. The van der Waals surface area contributed by atoms with Gasteiger partial charge in [-0.1, -0.05) is 30.3 Å². The van der Waals surface area contributed by atoms with Gasteiger partial charge in [0.2, 0.25) is 0 Å². The Morgan fingerprint density at radius 1 is 0.926 bits per heavy atom. The van der Waals surface area contributed by atoms with Crippen LogP contribution in [0.5, 0.6) is 0 Å². The van der Waals surface area contributed by atoms with E-state index in [0.717, 1.165) is 17.2 Å². The van der Waals surface area contributed by atoms with Crippen LogP contribution in [0.2, 0.25) is 0 Å². The second-order valence-corrected chi connectivity index (χ2v) is 7.00. The first kappa shape index (κ1) is 15.8. The molecule has 1 aliphatic rings. The van der Waals surface area contributed by atoms with Crippen LogP contribution in [0.15, 0.2) is 79.1 Å². The average molecular weight is 355 g/mol. The van der Waals surface area contributed by atoms with E-state index in [9.17, 15) is 0 Å². The van der Waals surface area contributed by atoms with Gasteiger partial charge in [-0.3, -0.25) is 0 Å². The predicted octanol–water partition coefficient (Wildman–Crippen LogP) is 4.24. The van der Waals surface area contributed by atoms with E-state index >= 15 is 0 Å². The third kappa shape index (κ3) is 2.51. The van der Waals surface area contributed by atoms with Crippen LogP contribution in [-0.2, 0) is 0 Å². The second kappa shape index (κ2) is 6.06. The Morgan fingerprint density at radius 2 is 1.70 bits per heavy atom. The molecule has 0 saturated carbocycles. The third-order valence-electron chi connectivity index (χ3n) is 5.09. The quantitative estimate of drug-likeness (QED) is 0.597. The third-order valence-corrected chi connectivity index (χ3v) is 5.09. The fraction of sp³-hybridized carbons (Fsp3) is 0.136. The van der Waals surface area contributed by atoms with Gasteiger partial charge in [0.1, 0.15) is 0 Å². The number of anilines is 2. The summed E-state index contributed by atoms with van der Waals surface area (Å²) < 4.78 is 4.22. The van der Waals surface area contributed by atoms with Gasteiger partial charge in [-0.05, 0) is 42.0 Å². The van der Waals surface area contributed by atoms with Crippen LogP contribution in [0, 0.1) is 0 Å². The predicted molar refractivity (Wildman–Crippen MR) is 109 cm³/mol. The summed E-state index contributed by atoms with van der Waals surface area (Å²) in [5, 5.41) is 8.32. The molecule has 1 atom stereocenters. The summed E-state index contributed by atoms with van der Waals surface area (Å²) in [5.41, 5.74) is 5.72. The summed E-state index contributed by atoms with van der Waals surface area (Å²) in [5.74, 6) is 1.04. The lowest BCUT2D eigenvalue weighted by Crippen LogP contribution is -2.23. The van der Waals surface area contributed by atoms with Crippen LogP contribution < -0.4 is 10.2 Å². The number of fused-ring (bicyclic) bond motifs is 3. The number of hydrogen-bond acceptors (Lipinski definition) is 3. The van der Waals surface area contributed by atoms with Crippen molar-refractivity contribution in [1.82, 2.24) is 14.3 Å². The first-order valence-corrected chi connectivity index (χ1v) is 9.07. The maximum absolute atomic E-state index is 4.64. The first-order chi connectivity index (χ1) is 13.2. The maximum Gasteiger partial charge on any atom is 0.164 e. The minimum absolute atomic E-state index is 0.0946. The molecule has 4 aromatic rings. The smallest absolute Gasteiger partial charge is 0.164 e. The van der Waals surface area contributed by atoms with Gasteiger partial charge in [0.05, 0.1) is 29.3 Å². The second-order valence-electron chi connectivity index (χ2n) is 7.00. The highest BCUT2D eigenvalue weighted by Gasteiger charge is 2.28. The highest BCUT2D eigenvalue weighted by Crippen LogP contribution is 2.38. The van der Waals surface area contributed by atoms with Crippen molar-refractivity contribution in [2.45, 2.75) is 6.04 Å². The summed E-state index contributed by atoms with van der Waals surface area (Å²) in [6.07, 6.45) is 4.02. The number of aromatic nitrogens is 3. The number of benzene rings is 2. The van der Waals surface area contributed by atoms with Crippen molar-refractivity contribution in [2.75, 3.05) is 24.3 Å². The van der Waals surface area contributed by atoms with Crippen molar-refractivity contribution in [1.29, 1.82) is 0 Å². The highest BCUT2D eigenvalue weighted by atomic mass is 15.4. The zero-order valence-corrected chi connectivity index (χ0v) is 15.4. The monoisotopic (exact) mass is 355 g/mol. The van der Waals surface area contributed by atoms with Gasteiger partial charge in [0, 0.05) is 26.0 Å². The van der Waals surface area contributed by atoms with E-state index in [0.29, 0.717) is 0 Å². The lowest BCUT2D eigenvalue weighted by atomic mass is 10.0. The Balaban J connectivity index is 1.59. The van der Waals surface area contributed by atoms with E-state index in [4.69, 9.17) is 0 Å². The summed E-state index contributed by atoms with van der Waals surface area (Å²) >= 11 is 0. The van der Waals surface area contributed by atoms with Crippen molar-refractivity contribution in [3.05, 3.63) is 90.4 Å². The lowest BCUT2D eigenvalue weighted by molar-refractivity contribution is 0.755. The Hall–Kier alpha value is -3.47. The normalized spacial score (nSPS) is 15.0. The summed E-state index contributed by atoms with van der Waals surface area (Å²) in [7, 11) is 4.12. The SMILES string of the molecule is CN(C)c1ccc(C2Nc3cnn(-c4ccccc4)c3-n3cccc32)cc1. The van der Waals surface area contributed by atoms with Crippen molar-refractivity contribution in [3.63, 3.8) is 0 Å². The number of rotatable bonds is 3. The van der Waals surface area contributed by atoms with Crippen LogP contribution in [0.3, 0.4) is 0 Å². The van der Waals surface area contributed by atoms with E-state index in [2.05, 4.69) is 88.7 Å². The fourth-order valence-electron chi connectivity index (χ4n) is 3.70. The molecule has 0 spiro atoms. The molecular formula is C22H21N5. The molecule has 0 bridgehead atoms. The number of nitrogens with zero attached hydrogens (tertiary/aromatic N) is 4. The fourth-order valence-corrected chi connectivity index (χ4v) is 3.70. The van der Waals surface area contributed by atoms with E-state index in [-0.39, 0.29) is 6.04 Å². The topological polar surface area (TPSA) is 38.0 Å². The zero-order chi connectivity index (χ0) is 18.4. The molecule has 2 aromatic heterocycles. The van der Waals surface area contributed by atoms with Crippen LogP contribution in [0.25, 0.3) is 11.5 Å². The molecule has 0 radical (unpaired) electrons. The Kier molecular flexibility index (Phi) is 3.53. The Bertz CT molecular complexity index is 1070. The number of hydrogen-bond donors (Lipinski definition) is 1. The minimum Gasteiger partial charge on any atom is -0.378 e. The molecule has 0 amide bonds. The largest absolute Gasteiger partial charge is 0.378 e. The van der Waals surface area contributed by atoms with Gasteiger partial charge in [-0.25, -0.2) is 4.68 Å². The zero-order valence-electron chi connectivity index (χ0n) is 15.4. The molecule has 3 heterocycles. The van der Waals surface area contributed by atoms with E-state index in [1.165, 1.54) is 16.9 Å². The van der Waals surface area contributed by atoms with Crippen molar-refractivity contribution < 1.29 is 0 Å². The highest BCUT2D eigenvalue weighted by molar-refractivity contribution is 5.66. The van der Waals surface area contributed by atoms with Crippen molar-refractivity contribution >= 4 is 11.4 Å². The van der Waals surface area contributed by atoms with E-state index in [1.807, 2.05) is 29.1 Å². The van der Waals surface area contributed by atoms with Gasteiger partial charge in [0.15, 0.2) is 5.82 Å². The lowest BCUT2D eigenvalue weighted by Gasteiger charge is -2.28. The first-order valence-electron chi connectivity index (χ1n) is 9.07. The molecule has 5 nitrogen and oxygen atoms in total. The van der Waals surface area contributed by atoms with Gasteiger partial charge in [0.25, 0.3) is 0 Å². The molecule has 5 rings (SSSR count). The molecule has 134 valence electrons. The van der Waals surface area contributed by atoms with Crippen LogP contribution in [0.1, 0.15) is 17.3 Å². The minimum atomic E-state index is 0.0946. The number of nitrogens with one attached hydrogen (secondary N) is 1. The van der Waals surface area contributed by atoms with E-state index in [1.54, 1.807) is 0 Å². The van der Waals surface area contributed by atoms with Crippen LogP contribution >= 0.6 is 0 Å². The van der Waals surface area contributed by atoms with Crippen molar-refractivity contribution in [3.8, 4) is 11.5 Å². The van der Waals surface area contributed by atoms with Gasteiger partial charge in [-0.15, -0.1) is 0 Å². The van der Waals surface area contributed by atoms with Gasteiger partial charge < -0.3 is 14.8 Å². The van der Waals surface area contributed by atoms with Gasteiger partial charge in [-0.2, -0.15) is 5.10 Å². The number of para-hydroxylation sites is 1. The van der Waals surface area contributed by atoms with Crippen LogP contribution in [-0.4, -0.2) is 28.4 Å². The average Bonchev–Trinajstić information content (AvgIpc) is 3.34. The van der Waals surface area contributed by atoms with Crippen LogP contribution in [0.4, 0.5) is 11.4 Å². The molecule has 1 N–H and O–H groups in total. The maximum atomic E-state index is 4.64. The molecule has 2 aromatic carbocycles. The van der Waals surface area contributed by atoms with Crippen molar-refractivity contribution in [2.24, 2.45) is 0 Å².